The molecule has 15 heavy (non-hydrogen) atoms. The van der Waals surface area contributed by atoms with E-state index in [4.69, 9.17) is 5.11 Å². The molecule has 1 aliphatic heterocycles. The number of aliphatic hydroxyl groups excluding tert-OH is 1. The van der Waals surface area contributed by atoms with Gasteiger partial charge in [-0.2, -0.15) is 0 Å². The van der Waals surface area contributed by atoms with Gasteiger partial charge in [0.05, 0.1) is 0 Å². The summed E-state index contributed by atoms with van der Waals surface area (Å²) >= 11 is 0. The molecule has 2 N–H and O–H groups in total. The second-order valence-electron chi connectivity index (χ2n) is 4.81. The normalized spacial score (nSPS) is 23.6. The molecule has 90 valence electrons. The minimum Gasteiger partial charge on any atom is -0.396 e. The summed E-state index contributed by atoms with van der Waals surface area (Å²) in [6, 6.07) is 1.20. The van der Waals surface area contributed by atoms with E-state index in [9.17, 15) is 0 Å². The van der Waals surface area contributed by atoms with Crippen molar-refractivity contribution < 1.29 is 5.11 Å². The molecule has 0 aromatic heterocycles. The summed E-state index contributed by atoms with van der Waals surface area (Å²) in [6.07, 6.45) is 4.87. The first-order valence-corrected chi connectivity index (χ1v) is 6.32. The van der Waals surface area contributed by atoms with Crippen molar-refractivity contribution >= 4 is 0 Å². The molecule has 3 heteroatoms. The number of hydrogen-bond acceptors (Lipinski definition) is 3. The zero-order valence-electron chi connectivity index (χ0n) is 10.2. The standard InChI is InChI=1S/C12H26N2O/c1-11(2)13-7-9-14-8-4-3-5-12(14)6-10-15/h11-13,15H,3-10H2,1-2H3. The van der Waals surface area contributed by atoms with Crippen LogP contribution in [-0.4, -0.2) is 48.3 Å². The second-order valence-corrected chi connectivity index (χ2v) is 4.81. The van der Waals surface area contributed by atoms with Gasteiger partial charge in [-0.3, -0.25) is 4.90 Å². The zero-order chi connectivity index (χ0) is 11.1. The Bertz CT molecular complexity index is 160. The van der Waals surface area contributed by atoms with Gasteiger partial charge in [-0.05, 0) is 25.8 Å². The summed E-state index contributed by atoms with van der Waals surface area (Å²) in [6.45, 7) is 8.11. The molecular formula is C12H26N2O. The summed E-state index contributed by atoms with van der Waals surface area (Å²) in [7, 11) is 0. The Morgan fingerprint density at radius 2 is 2.20 bits per heavy atom. The quantitative estimate of drug-likeness (QED) is 0.698. The third-order valence-corrected chi connectivity index (χ3v) is 3.16. The van der Waals surface area contributed by atoms with Gasteiger partial charge in [0.25, 0.3) is 0 Å². The fourth-order valence-corrected chi connectivity index (χ4v) is 2.33. The molecular weight excluding hydrogens is 188 g/mol. The highest BCUT2D eigenvalue weighted by Crippen LogP contribution is 2.18. The van der Waals surface area contributed by atoms with Gasteiger partial charge in [0.2, 0.25) is 0 Å². The van der Waals surface area contributed by atoms with Crippen molar-refractivity contribution in [1.29, 1.82) is 0 Å². The molecule has 1 atom stereocenters. The number of likely N-dealkylation sites (tertiary alicyclic amines) is 1. The number of nitrogens with one attached hydrogen (secondary N) is 1. The van der Waals surface area contributed by atoms with Crippen LogP contribution in [0.1, 0.15) is 39.5 Å². The lowest BCUT2D eigenvalue weighted by Crippen LogP contribution is -2.44. The Labute approximate surface area is 93.9 Å². The Balaban J connectivity index is 2.23. The third-order valence-electron chi connectivity index (χ3n) is 3.16. The second kappa shape index (κ2) is 7.20. The van der Waals surface area contributed by atoms with Crippen LogP contribution in [0.15, 0.2) is 0 Å². The van der Waals surface area contributed by atoms with E-state index in [1.54, 1.807) is 0 Å². The van der Waals surface area contributed by atoms with Crippen LogP contribution in [0.2, 0.25) is 0 Å². The van der Waals surface area contributed by atoms with Gasteiger partial charge in [-0.1, -0.05) is 20.3 Å². The van der Waals surface area contributed by atoms with Gasteiger partial charge in [-0.25, -0.2) is 0 Å². The Morgan fingerprint density at radius 1 is 1.40 bits per heavy atom. The molecule has 1 unspecified atom stereocenters. The van der Waals surface area contributed by atoms with E-state index in [1.807, 2.05) is 0 Å². The minimum atomic E-state index is 0.332. The van der Waals surface area contributed by atoms with Crippen LogP contribution >= 0.6 is 0 Å². The van der Waals surface area contributed by atoms with E-state index in [-0.39, 0.29) is 0 Å². The fourth-order valence-electron chi connectivity index (χ4n) is 2.33. The molecule has 1 fully saturated rings. The zero-order valence-corrected chi connectivity index (χ0v) is 10.2. The highest BCUT2D eigenvalue weighted by atomic mass is 16.3. The van der Waals surface area contributed by atoms with Crippen molar-refractivity contribution in [1.82, 2.24) is 10.2 Å². The summed E-state index contributed by atoms with van der Waals surface area (Å²) in [5.74, 6) is 0. The Morgan fingerprint density at radius 3 is 2.87 bits per heavy atom. The molecule has 0 aromatic carbocycles. The number of rotatable bonds is 6. The van der Waals surface area contributed by atoms with Gasteiger partial charge < -0.3 is 10.4 Å². The lowest BCUT2D eigenvalue weighted by Gasteiger charge is -2.35. The molecule has 0 radical (unpaired) electrons. The SMILES string of the molecule is CC(C)NCCN1CCCCC1CCO. The number of hydrogen-bond donors (Lipinski definition) is 2. The largest absolute Gasteiger partial charge is 0.396 e. The van der Waals surface area contributed by atoms with Crippen LogP contribution < -0.4 is 5.32 Å². The molecule has 0 bridgehead atoms. The smallest absolute Gasteiger partial charge is 0.0445 e. The van der Waals surface area contributed by atoms with E-state index in [1.165, 1.54) is 25.8 Å². The van der Waals surface area contributed by atoms with E-state index in [0.717, 1.165) is 19.5 Å². The van der Waals surface area contributed by atoms with E-state index < -0.39 is 0 Å². The first kappa shape index (κ1) is 12.9. The van der Waals surface area contributed by atoms with E-state index >= 15 is 0 Å². The van der Waals surface area contributed by atoms with Gasteiger partial charge in [0, 0.05) is 31.8 Å². The van der Waals surface area contributed by atoms with Crippen LogP contribution in [0.3, 0.4) is 0 Å². The van der Waals surface area contributed by atoms with Crippen LogP contribution in [0.4, 0.5) is 0 Å². The predicted molar refractivity (Wildman–Crippen MR) is 64.1 cm³/mol. The van der Waals surface area contributed by atoms with Crippen LogP contribution in [-0.2, 0) is 0 Å². The highest BCUT2D eigenvalue weighted by molar-refractivity contribution is 4.77. The molecule has 0 aromatic rings. The van der Waals surface area contributed by atoms with E-state index in [2.05, 4.69) is 24.1 Å². The molecule has 1 rings (SSSR count). The van der Waals surface area contributed by atoms with Crippen LogP contribution in [0.25, 0.3) is 0 Å². The molecule has 0 aliphatic carbocycles. The average Bonchev–Trinajstić information content (AvgIpc) is 2.20. The van der Waals surface area contributed by atoms with Crippen molar-refractivity contribution in [2.24, 2.45) is 0 Å². The number of piperidine rings is 1. The predicted octanol–water partition coefficient (Wildman–Crippen LogP) is 1.22. The minimum absolute atomic E-state index is 0.332. The van der Waals surface area contributed by atoms with Gasteiger partial charge >= 0.3 is 0 Å². The van der Waals surface area contributed by atoms with Crippen molar-refractivity contribution in [3.8, 4) is 0 Å². The van der Waals surface area contributed by atoms with Crippen LogP contribution in [0, 0.1) is 0 Å². The summed E-state index contributed by atoms with van der Waals surface area (Å²) in [5.41, 5.74) is 0. The maximum absolute atomic E-state index is 9.01. The van der Waals surface area contributed by atoms with Crippen molar-refractivity contribution in [3.05, 3.63) is 0 Å². The van der Waals surface area contributed by atoms with Crippen LogP contribution in [0.5, 0.6) is 0 Å². The van der Waals surface area contributed by atoms with Gasteiger partial charge in [-0.15, -0.1) is 0 Å². The highest BCUT2D eigenvalue weighted by Gasteiger charge is 2.20. The molecule has 1 saturated heterocycles. The summed E-state index contributed by atoms with van der Waals surface area (Å²) in [5, 5.41) is 12.5. The lowest BCUT2D eigenvalue weighted by molar-refractivity contribution is 0.119. The maximum Gasteiger partial charge on any atom is 0.0445 e. The fraction of sp³-hybridized carbons (Fsp3) is 1.00. The number of nitrogens with zero attached hydrogens (tertiary/aromatic N) is 1. The monoisotopic (exact) mass is 214 g/mol. The Kier molecular flexibility index (Phi) is 6.22. The topological polar surface area (TPSA) is 35.5 Å². The van der Waals surface area contributed by atoms with Crippen molar-refractivity contribution in [2.45, 2.75) is 51.6 Å². The molecule has 1 aliphatic rings. The maximum atomic E-state index is 9.01. The lowest BCUT2D eigenvalue weighted by atomic mass is 10.00. The van der Waals surface area contributed by atoms with E-state index in [0.29, 0.717) is 18.7 Å². The molecule has 3 nitrogen and oxygen atoms in total. The Hall–Kier alpha value is -0.120. The summed E-state index contributed by atoms with van der Waals surface area (Å²) in [4.78, 5) is 2.54. The average molecular weight is 214 g/mol. The third kappa shape index (κ3) is 4.96. The van der Waals surface area contributed by atoms with Gasteiger partial charge in [0.15, 0.2) is 0 Å². The number of aliphatic hydroxyl groups is 1. The molecule has 0 saturated carbocycles. The first-order chi connectivity index (χ1) is 7.24. The van der Waals surface area contributed by atoms with Crippen molar-refractivity contribution in [2.75, 3.05) is 26.2 Å². The summed E-state index contributed by atoms with van der Waals surface area (Å²) < 4.78 is 0. The molecule has 0 amide bonds. The van der Waals surface area contributed by atoms with Crippen molar-refractivity contribution in [3.63, 3.8) is 0 Å². The first-order valence-electron chi connectivity index (χ1n) is 6.32. The molecule has 0 spiro atoms. The molecule has 1 heterocycles. The van der Waals surface area contributed by atoms with Gasteiger partial charge in [0.1, 0.15) is 0 Å².